The molecule has 0 aromatic rings. The van der Waals surface area contributed by atoms with Crippen LogP contribution < -0.4 is 0 Å². The lowest BCUT2D eigenvalue weighted by atomic mass is 9.70. The molecule has 0 aliphatic heterocycles. The predicted octanol–water partition coefficient (Wildman–Crippen LogP) is 3.36. The summed E-state index contributed by atoms with van der Waals surface area (Å²) < 4.78 is 0. The van der Waals surface area contributed by atoms with Gasteiger partial charge in [-0.3, -0.25) is 0 Å². The van der Waals surface area contributed by atoms with Crippen molar-refractivity contribution in [2.75, 3.05) is 0 Å². The summed E-state index contributed by atoms with van der Waals surface area (Å²) >= 11 is 0. The molecule has 0 spiro atoms. The summed E-state index contributed by atoms with van der Waals surface area (Å²) in [5.74, 6) is 1.24. The maximum absolute atomic E-state index is 10.4. The van der Waals surface area contributed by atoms with Gasteiger partial charge in [0.25, 0.3) is 0 Å². The number of aliphatic hydroxyl groups is 1. The lowest BCUT2D eigenvalue weighted by Gasteiger charge is -2.40. The van der Waals surface area contributed by atoms with E-state index < -0.39 is 0 Å². The molecule has 3 atom stereocenters. The van der Waals surface area contributed by atoms with Crippen molar-refractivity contribution in [3.05, 3.63) is 0 Å². The first kappa shape index (κ1) is 11.0. The van der Waals surface area contributed by atoms with Gasteiger partial charge in [0.05, 0.1) is 5.60 Å². The van der Waals surface area contributed by atoms with Crippen LogP contribution in [-0.2, 0) is 0 Å². The largest absolute Gasteiger partial charge is 0.390 e. The lowest BCUT2D eigenvalue weighted by molar-refractivity contribution is -0.0610. The average molecular weight is 184 g/mol. The minimum absolute atomic E-state index is 0.340. The topological polar surface area (TPSA) is 20.2 Å². The summed E-state index contributed by atoms with van der Waals surface area (Å²) in [6, 6.07) is 0. The summed E-state index contributed by atoms with van der Waals surface area (Å²) in [7, 11) is 0. The summed E-state index contributed by atoms with van der Waals surface area (Å²) in [5.41, 5.74) is -0.340. The quantitative estimate of drug-likeness (QED) is 0.713. The maximum atomic E-state index is 10.4. The van der Waals surface area contributed by atoms with Crippen molar-refractivity contribution in [1.82, 2.24) is 0 Å². The zero-order valence-electron chi connectivity index (χ0n) is 9.34. The molecule has 1 aliphatic carbocycles. The van der Waals surface area contributed by atoms with Crippen LogP contribution >= 0.6 is 0 Å². The van der Waals surface area contributed by atoms with Gasteiger partial charge in [-0.2, -0.15) is 0 Å². The molecule has 0 radical (unpaired) electrons. The smallest absolute Gasteiger partial charge is 0.0675 e. The third-order valence-electron chi connectivity index (χ3n) is 3.97. The molecule has 0 aromatic carbocycles. The van der Waals surface area contributed by atoms with Crippen LogP contribution in [0.4, 0.5) is 0 Å². The van der Waals surface area contributed by atoms with Crippen LogP contribution in [0.25, 0.3) is 0 Å². The Balaban J connectivity index is 2.56. The van der Waals surface area contributed by atoms with Crippen LogP contribution in [0.2, 0.25) is 0 Å². The van der Waals surface area contributed by atoms with Crippen molar-refractivity contribution in [2.24, 2.45) is 11.8 Å². The molecule has 1 aliphatic rings. The predicted molar refractivity (Wildman–Crippen MR) is 56.7 cm³/mol. The minimum atomic E-state index is -0.340. The van der Waals surface area contributed by atoms with Gasteiger partial charge in [0.2, 0.25) is 0 Å². The standard InChI is InChI=1S/C12H24O/c1-4-10(3)12(13)8-6-7-11(5-2)9-12/h10-11,13H,4-9H2,1-3H3. The van der Waals surface area contributed by atoms with Crippen LogP contribution in [0.1, 0.15) is 59.3 Å². The van der Waals surface area contributed by atoms with Crippen LogP contribution in [0.5, 0.6) is 0 Å². The fraction of sp³-hybridized carbons (Fsp3) is 1.00. The van der Waals surface area contributed by atoms with Crippen molar-refractivity contribution in [3.8, 4) is 0 Å². The highest BCUT2D eigenvalue weighted by Crippen LogP contribution is 2.39. The molecule has 0 aromatic heterocycles. The first-order valence-electron chi connectivity index (χ1n) is 5.84. The summed E-state index contributed by atoms with van der Waals surface area (Å²) in [5, 5.41) is 10.4. The molecular weight excluding hydrogens is 160 g/mol. The minimum Gasteiger partial charge on any atom is -0.390 e. The first-order chi connectivity index (χ1) is 6.12. The van der Waals surface area contributed by atoms with E-state index in [4.69, 9.17) is 0 Å². The Morgan fingerprint density at radius 1 is 1.46 bits per heavy atom. The van der Waals surface area contributed by atoms with Gasteiger partial charge in [-0.05, 0) is 24.7 Å². The Hall–Kier alpha value is -0.0400. The summed E-state index contributed by atoms with van der Waals surface area (Å²) in [6.07, 6.45) is 6.96. The molecule has 1 N–H and O–H groups in total. The van der Waals surface area contributed by atoms with Crippen LogP contribution in [0.3, 0.4) is 0 Å². The van der Waals surface area contributed by atoms with E-state index in [-0.39, 0.29) is 5.60 Å². The van der Waals surface area contributed by atoms with Gasteiger partial charge in [-0.15, -0.1) is 0 Å². The van der Waals surface area contributed by atoms with Gasteiger partial charge >= 0.3 is 0 Å². The molecule has 1 heteroatoms. The van der Waals surface area contributed by atoms with E-state index in [0.29, 0.717) is 5.92 Å². The maximum Gasteiger partial charge on any atom is 0.0675 e. The van der Waals surface area contributed by atoms with E-state index in [0.717, 1.165) is 25.2 Å². The van der Waals surface area contributed by atoms with Gasteiger partial charge in [0, 0.05) is 0 Å². The molecule has 1 saturated carbocycles. The molecule has 0 bridgehead atoms. The molecule has 0 saturated heterocycles. The molecule has 78 valence electrons. The second-order valence-electron chi connectivity index (χ2n) is 4.78. The second kappa shape index (κ2) is 4.45. The van der Waals surface area contributed by atoms with Gasteiger partial charge < -0.3 is 5.11 Å². The third kappa shape index (κ3) is 2.46. The zero-order valence-corrected chi connectivity index (χ0v) is 9.34. The van der Waals surface area contributed by atoms with Crippen molar-refractivity contribution in [3.63, 3.8) is 0 Å². The molecule has 0 heterocycles. The Bertz CT molecular complexity index is 155. The molecule has 1 fully saturated rings. The zero-order chi connectivity index (χ0) is 9.90. The monoisotopic (exact) mass is 184 g/mol. The van der Waals surface area contributed by atoms with Crippen LogP contribution in [0, 0.1) is 11.8 Å². The van der Waals surface area contributed by atoms with Gasteiger partial charge in [-0.25, -0.2) is 0 Å². The van der Waals surface area contributed by atoms with E-state index >= 15 is 0 Å². The summed E-state index contributed by atoms with van der Waals surface area (Å²) in [4.78, 5) is 0. The number of hydrogen-bond donors (Lipinski definition) is 1. The van der Waals surface area contributed by atoms with Gasteiger partial charge in [0.1, 0.15) is 0 Å². The fourth-order valence-corrected chi connectivity index (χ4v) is 2.58. The van der Waals surface area contributed by atoms with E-state index in [1.807, 2.05) is 0 Å². The van der Waals surface area contributed by atoms with Crippen LogP contribution in [0.15, 0.2) is 0 Å². The van der Waals surface area contributed by atoms with E-state index in [2.05, 4.69) is 20.8 Å². The highest BCUT2D eigenvalue weighted by Gasteiger charge is 2.37. The van der Waals surface area contributed by atoms with Crippen molar-refractivity contribution in [2.45, 2.75) is 64.9 Å². The van der Waals surface area contributed by atoms with Crippen molar-refractivity contribution >= 4 is 0 Å². The average Bonchev–Trinajstić information content (AvgIpc) is 2.16. The molecule has 0 amide bonds. The molecule has 1 nitrogen and oxygen atoms in total. The van der Waals surface area contributed by atoms with Crippen molar-refractivity contribution in [1.29, 1.82) is 0 Å². The molecule has 3 unspecified atom stereocenters. The van der Waals surface area contributed by atoms with Gasteiger partial charge in [-0.1, -0.05) is 46.5 Å². The molecule has 13 heavy (non-hydrogen) atoms. The molecular formula is C12H24O. The Morgan fingerprint density at radius 2 is 2.15 bits per heavy atom. The van der Waals surface area contributed by atoms with E-state index in [9.17, 15) is 5.11 Å². The van der Waals surface area contributed by atoms with Crippen molar-refractivity contribution < 1.29 is 5.11 Å². The summed E-state index contributed by atoms with van der Waals surface area (Å²) in [6.45, 7) is 6.61. The Morgan fingerprint density at radius 3 is 2.69 bits per heavy atom. The van der Waals surface area contributed by atoms with E-state index in [1.165, 1.54) is 19.3 Å². The van der Waals surface area contributed by atoms with Crippen LogP contribution in [-0.4, -0.2) is 10.7 Å². The Kier molecular flexibility index (Phi) is 3.78. The normalized spacial score (nSPS) is 37.4. The SMILES string of the molecule is CCC1CCCC(O)(C(C)CC)C1. The number of rotatable bonds is 3. The lowest BCUT2D eigenvalue weighted by Crippen LogP contribution is -2.41. The molecule has 1 rings (SSSR count). The van der Waals surface area contributed by atoms with E-state index in [1.54, 1.807) is 0 Å². The highest BCUT2D eigenvalue weighted by molar-refractivity contribution is 4.89. The Labute approximate surface area is 82.5 Å². The number of hydrogen-bond acceptors (Lipinski definition) is 1. The van der Waals surface area contributed by atoms with Gasteiger partial charge in [0.15, 0.2) is 0 Å². The highest BCUT2D eigenvalue weighted by atomic mass is 16.3. The third-order valence-corrected chi connectivity index (χ3v) is 3.97. The first-order valence-corrected chi connectivity index (χ1v) is 5.84. The second-order valence-corrected chi connectivity index (χ2v) is 4.78. The fourth-order valence-electron chi connectivity index (χ4n) is 2.58.